The average molecular weight is 258 g/mol. The SMILES string of the molecule is Cc1nc(C(C)C)c(C(=O)NCc2ccccc2)o1. The Morgan fingerprint density at radius 1 is 1.32 bits per heavy atom. The molecule has 2 aromatic rings. The van der Waals surface area contributed by atoms with Crippen LogP contribution in [0.5, 0.6) is 0 Å². The van der Waals surface area contributed by atoms with Crippen LogP contribution < -0.4 is 5.32 Å². The van der Waals surface area contributed by atoms with E-state index in [9.17, 15) is 4.79 Å². The number of hydrogen-bond donors (Lipinski definition) is 1. The van der Waals surface area contributed by atoms with Gasteiger partial charge in [0.25, 0.3) is 5.91 Å². The van der Waals surface area contributed by atoms with E-state index in [0.717, 1.165) is 5.56 Å². The van der Waals surface area contributed by atoms with Crippen LogP contribution in [0.15, 0.2) is 34.7 Å². The highest BCUT2D eigenvalue weighted by Crippen LogP contribution is 2.19. The third-order valence-electron chi connectivity index (χ3n) is 2.81. The number of nitrogens with zero attached hydrogens (tertiary/aromatic N) is 1. The van der Waals surface area contributed by atoms with Crippen molar-refractivity contribution in [3.05, 3.63) is 53.2 Å². The predicted octanol–water partition coefficient (Wildman–Crippen LogP) is 3.04. The van der Waals surface area contributed by atoms with Crippen molar-refractivity contribution in [1.82, 2.24) is 10.3 Å². The number of carbonyl (C=O) groups is 1. The van der Waals surface area contributed by atoms with Gasteiger partial charge in [0, 0.05) is 13.5 Å². The van der Waals surface area contributed by atoms with E-state index >= 15 is 0 Å². The molecule has 1 aromatic heterocycles. The highest BCUT2D eigenvalue weighted by molar-refractivity contribution is 5.92. The van der Waals surface area contributed by atoms with Gasteiger partial charge in [0.05, 0.1) is 5.69 Å². The minimum absolute atomic E-state index is 0.162. The van der Waals surface area contributed by atoms with E-state index in [2.05, 4.69) is 10.3 Å². The Morgan fingerprint density at radius 3 is 2.63 bits per heavy atom. The van der Waals surface area contributed by atoms with E-state index in [0.29, 0.717) is 23.9 Å². The summed E-state index contributed by atoms with van der Waals surface area (Å²) in [5.74, 6) is 0.792. The van der Waals surface area contributed by atoms with Crippen LogP contribution in [0.25, 0.3) is 0 Å². The monoisotopic (exact) mass is 258 g/mol. The molecule has 19 heavy (non-hydrogen) atoms. The van der Waals surface area contributed by atoms with Crippen molar-refractivity contribution in [3.63, 3.8) is 0 Å². The Bertz CT molecular complexity index is 559. The lowest BCUT2D eigenvalue weighted by atomic mass is 10.1. The largest absolute Gasteiger partial charge is 0.436 e. The van der Waals surface area contributed by atoms with E-state index < -0.39 is 0 Å². The Kier molecular flexibility index (Phi) is 4.00. The number of nitrogens with one attached hydrogen (secondary N) is 1. The van der Waals surface area contributed by atoms with Crippen molar-refractivity contribution in [1.29, 1.82) is 0 Å². The summed E-state index contributed by atoms with van der Waals surface area (Å²) in [6.07, 6.45) is 0. The molecule has 4 nitrogen and oxygen atoms in total. The van der Waals surface area contributed by atoms with Crippen molar-refractivity contribution in [2.24, 2.45) is 0 Å². The first-order valence-electron chi connectivity index (χ1n) is 6.37. The fourth-order valence-corrected chi connectivity index (χ4v) is 1.86. The number of rotatable bonds is 4. The molecule has 100 valence electrons. The lowest BCUT2D eigenvalue weighted by Gasteiger charge is -2.05. The molecule has 0 unspecified atom stereocenters. The highest BCUT2D eigenvalue weighted by Gasteiger charge is 2.20. The lowest BCUT2D eigenvalue weighted by molar-refractivity contribution is 0.0920. The summed E-state index contributed by atoms with van der Waals surface area (Å²) >= 11 is 0. The van der Waals surface area contributed by atoms with Crippen molar-refractivity contribution in [2.45, 2.75) is 33.2 Å². The molecule has 0 spiro atoms. The van der Waals surface area contributed by atoms with E-state index in [1.54, 1.807) is 6.92 Å². The zero-order chi connectivity index (χ0) is 13.8. The van der Waals surface area contributed by atoms with E-state index in [1.807, 2.05) is 44.2 Å². The number of benzene rings is 1. The number of aryl methyl sites for hydroxylation is 1. The molecule has 1 aromatic carbocycles. The first kappa shape index (κ1) is 13.3. The fourth-order valence-electron chi connectivity index (χ4n) is 1.86. The van der Waals surface area contributed by atoms with Crippen LogP contribution in [0.3, 0.4) is 0 Å². The van der Waals surface area contributed by atoms with Gasteiger partial charge in [0.15, 0.2) is 5.89 Å². The smallest absolute Gasteiger partial charge is 0.289 e. The molecule has 4 heteroatoms. The van der Waals surface area contributed by atoms with Gasteiger partial charge in [0.1, 0.15) is 0 Å². The van der Waals surface area contributed by atoms with E-state index in [4.69, 9.17) is 4.42 Å². The zero-order valence-electron chi connectivity index (χ0n) is 11.4. The lowest BCUT2D eigenvalue weighted by Crippen LogP contribution is -2.23. The zero-order valence-corrected chi connectivity index (χ0v) is 11.4. The number of hydrogen-bond acceptors (Lipinski definition) is 3. The molecule has 0 aliphatic rings. The Morgan fingerprint density at radius 2 is 2.00 bits per heavy atom. The standard InChI is InChI=1S/C15H18N2O2/c1-10(2)13-14(19-11(3)17-13)15(18)16-9-12-7-5-4-6-8-12/h4-8,10H,9H2,1-3H3,(H,16,18). The maximum atomic E-state index is 12.1. The van der Waals surface area contributed by atoms with Crippen LogP contribution in [0.4, 0.5) is 0 Å². The summed E-state index contributed by atoms with van der Waals surface area (Å²) in [5, 5.41) is 2.85. The van der Waals surface area contributed by atoms with Crippen molar-refractivity contribution < 1.29 is 9.21 Å². The van der Waals surface area contributed by atoms with Crippen LogP contribution >= 0.6 is 0 Å². The second kappa shape index (κ2) is 5.69. The molecule has 0 fully saturated rings. The molecule has 0 saturated carbocycles. The van der Waals surface area contributed by atoms with E-state index in [1.165, 1.54) is 0 Å². The summed E-state index contributed by atoms with van der Waals surface area (Å²) in [6, 6.07) is 9.77. The predicted molar refractivity (Wildman–Crippen MR) is 72.9 cm³/mol. The van der Waals surface area contributed by atoms with Crippen molar-refractivity contribution in [3.8, 4) is 0 Å². The molecule has 0 radical (unpaired) electrons. The van der Waals surface area contributed by atoms with Gasteiger partial charge in [-0.05, 0) is 11.5 Å². The second-order valence-corrected chi connectivity index (χ2v) is 4.77. The van der Waals surface area contributed by atoms with Crippen LogP contribution in [0.2, 0.25) is 0 Å². The number of oxazole rings is 1. The molecule has 0 saturated heterocycles. The van der Waals surface area contributed by atoms with Crippen LogP contribution in [0.1, 0.15) is 47.5 Å². The summed E-state index contributed by atoms with van der Waals surface area (Å²) < 4.78 is 5.40. The first-order valence-corrected chi connectivity index (χ1v) is 6.37. The molecular formula is C15H18N2O2. The Labute approximate surface area is 112 Å². The number of amides is 1. The summed E-state index contributed by atoms with van der Waals surface area (Å²) in [7, 11) is 0. The Hall–Kier alpha value is -2.10. The average Bonchev–Trinajstić information content (AvgIpc) is 2.79. The number of carbonyl (C=O) groups excluding carboxylic acids is 1. The topological polar surface area (TPSA) is 55.1 Å². The maximum Gasteiger partial charge on any atom is 0.289 e. The van der Waals surface area contributed by atoms with Crippen molar-refractivity contribution >= 4 is 5.91 Å². The third kappa shape index (κ3) is 3.22. The quantitative estimate of drug-likeness (QED) is 0.917. The molecule has 0 aliphatic heterocycles. The van der Waals surface area contributed by atoms with Gasteiger partial charge in [-0.2, -0.15) is 0 Å². The molecule has 1 heterocycles. The van der Waals surface area contributed by atoms with Gasteiger partial charge in [-0.15, -0.1) is 0 Å². The minimum atomic E-state index is -0.215. The second-order valence-electron chi connectivity index (χ2n) is 4.77. The van der Waals surface area contributed by atoms with Crippen LogP contribution in [-0.2, 0) is 6.54 Å². The molecule has 0 atom stereocenters. The molecule has 1 N–H and O–H groups in total. The number of aromatic nitrogens is 1. The highest BCUT2D eigenvalue weighted by atomic mass is 16.4. The van der Waals surface area contributed by atoms with Crippen LogP contribution in [0, 0.1) is 6.92 Å². The van der Waals surface area contributed by atoms with Gasteiger partial charge in [-0.3, -0.25) is 4.79 Å². The molecule has 2 rings (SSSR count). The van der Waals surface area contributed by atoms with Gasteiger partial charge in [0.2, 0.25) is 5.76 Å². The molecule has 0 aliphatic carbocycles. The summed E-state index contributed by atoms with van der Waals surface area (Å²) in [5.41, 5.74) is 1.77. The van der Waals surface area contributed by atoms with Gasteiger partial charge >= 0.3 is 0 Å². The van der Waals surface area contributed by atoms with E-state index in [-0.39, 0.29) is 11.8 Å². The minimum Gasteiger partial charge on any atom is -0.436 e. The molecular weight excluding hydrogens is 240 g/mol. The van der Waals surface area contributed by atoms with Gasteiger partial charge in [-0.25, -0.2) is 4.98 Å². The summed E-state index contributed by atoms with van der Waals surface area (Å²) in [4.78, 5) is 16.4. The summed E-state index contributed by atoms with van der Waals surface area (Å²) in [6.45, 7) is 6.22. The first-order chi connectivity index (χ1) is 9.08. The van der Waals surface area contributed by atoms with Gasteiger partial charge in [-0.1, -0.05) is 44.2 Å². The van der Waals surface area contributed by atoms with Crippen molar-refractivity contribution in [2.75, 3.05) is 0 Å². The maximum absolute atomic E-state index is 12.1. The van der Waals surface area contributed by atoms with Crippen LogP contribution in [-0.4, -0.2) is 10.9 Å². The molecule has 0 bridgehead atoms. The normalized spacial score (nSPS) is 10.7. The molecule has 1 amide bonds. The third-order valence-corrected chi connectivity index (χ3v) is 2.81. The van der Waals surface area contributed by atoms with Gasteiger partial charge < -0.3 is 9.73 Å². The fraction of sp³-hybridized carbons (Fsp3) is 0.333. The Balaban J connectivity index is 2.08.